The van der Waals surface area contributed by atoms with Crippen LogP contribution in [0.4, 0.5) is 0 Å². The van der Waals surface area contributed by atoms with Gasteiger partial charge in [0.2, 0.25) is 0 Å². The minimum absolute atomic E-state index is 0.107. The summed E-state index contributed by atoms with van der Waals surface area (Å²) < 4.78 is 5.86. The topological polar surface area (TPSA) is 41.5 Å². The first-order valence-electron chi connectivity index (χ1n) is 7.49. The molecule has 0 aliphatic heterocycles. The van der Waals surface area contributed by atoms with Crippen molar-refractivity contribution in [1.29, 1.82) is 0 Å². The average molecular weight is 279 g/mol. The normalized spacial score (nSPS) is 13.3. The van der Waals surface area contributed by atoms with Gasteiger partial charge in [0.25, 0.3) is 0 Å². The Bertz CT molecular complexity index is 410. The van der Waals surface area contributed by atoms with Gasteiger partial charge >= 0.3 is 0 Å². The van der Waals surface area contributed by atoms with Crippen LogP contribution in [0.25, 0.3) is 0 Å². The fourth-order valence-corrected chi connectivity index (χ4v) is 2.22. The molecule has 1 aromatic carbocycles. The Hall–Kier alpha value is -1.06. The van der Waals surface area contributed by atoms with Gasteiger partial charge in [-0.3, -0.25) is 0 Å². The summed E-state index contributed by atoms with van der Waals surface area (Å²) in [5.74, 6) is 0.924. The molecular formula is C17H29NO2. The van der Waals surface area contributed by atoms with Crippen LogP contribution < -0.4 is 10.1 Å². The number of benzene rings is 1. The molecule has 0 saturated heterocycles. The Labute approximate surface area is 123 Å². The first-order valence-corrected chi connectivity index (χ1v) is 7.49. The van der Waals surface area contributed by atoms with Crippen LogP contribution in [0.2, 0.25) is 0 Å². The molecule has 3 nitrogen and oxygen atoms in total. The van der Waals surface area contributed by atoms with Gasteiger partial charge in [0, 0.05) is 18.2 Å². The molecule has 1 unspecified atom stereocenters. The van der Waals surface area contributed by atoms with Crippen LogP contribution in [0.3, 0.4) is 0 Å². The molecule has 0 radical (unpaired) electrons. The Morgan fingerprint density at radius 1 is 1.30 bits per heavy atom. The minimum atomic E-state index is 0.107. The molecule has 0 saturated carbocycles. The zero-order valence-electron chi connectivity index (χ0n) is 13.5. The Kier molecular flexibility index (Phi) is 6.50. The van der Waals surface area contributed by atoms with E-state index in [2.05, 4.69) is 51.2 Å². The molecule has 1 rings (SSSR count). The summed E-state index contributed by atoms with van der Waals surface area (Å²) in [6.45, 7) is 9.61. The van der Waals surface area contributed by atoms with Gasteiger partial charge in [-0.2, -0.15) is 0 Å². The molecule has 0 aliphatic rings. The lowest BCUT2D eigenvalue weighted by Crippen LogP contribution is -2.20. The van der Waals surface area contributed by atoms with Crippen molar-refractivity contribution in [3.05, 3.63) is 29.3 Å². The fraction of sp³-hybridized carbons (Fsp3) is 0.647. The molecule has 2 N–H and O–H groups in total. The van der Waals surface area contributed by atoms with Crippen molar-refractivity contribution >= 4 is 0 Å². The first kappa shape index (κ1) is 17.0. The van der Waals surface area contributed by atoms with Crippen molar-refractivity contribution in [2.45, 2.75) is 52.0 Å². The summed E-state index contributed by atoms with van der Waals surface area (Å²) in [5.41, 5.74) is 2.53. The molecule has 0 heterocycles. The molecule has 0 amide bonds. The summed E-state index contributed by atoms with van der Waals surface area (Å²) >= 11 is 0. The smallest absolute Gasteiger partial charge is 0.124 e. The Morgan fingerprint density at radius 2 is 2.00 bits per heavy atom. The minimum Gasteiger partial charge on any atom is -0.493 e. The third-order valence-corrected chi connectivity index (χ3v) is 3.48. The molecule has 1 atom stereocenters. The summed E-state index contributed by atoms with van der Waals surface area (Å²) in [6, 6.07) is 6.53. The van der Waals surface area contributed by atoms with Gasteiger partial charge in [-0.25, -0.2) is 0 Å². The molecule has 0 fully saturated rings. The lowest BCUT2D eigenvalue weighted by molar-refractivity contribution is 0.263. The second-order valence-corrected chi connectivity index (χ2v) is 6.20. The van der Waals surface area contributed by atoms with Crippen LogP contribution in [0.15, 0.2) is 18.2 Å². The molecule has 0 aromatic heterocycles. The van der Waals surface area contributed by atoms with Crippen LogP contribution in [-0.2, 0) is 5.41 Å². The lowest BCUT2D eigenvalue weighted by atomic mass is 9.85. The van der Waals surface area contributed by atoms with Gasteiger partial charge in [-0.15, -0.1) is 0 Å². The number of nitrogens with one attached hydrogen (secondary N) is 1. The number of ether oxygens (including phenoxy) is 1. The van der Waals surface area contributed by atoms with Gasteiger partial charge in [-0.1, -0.05) is 33.8 Å². The predicted octanol–water partition coefficient (Wildman–Crippen LogP) is 3.42. The van der Waals surface area contributed by atoms with Crippen molar-refractivity contribution in [2.24, 2.45) is 0 Å². The maximum atomic E-state index is 9.24. The second-order valence-electron chi connectivity index (χ2n) is 6.20. The third-order valence-electron chi connectivity index (χ3n) is 3.48. The van der Waals surface area contributed by atoms with E-state index in [0.29, 0.717) is 6.42 Å². The number of hydrogen-bond acceptors (Lipinski definition) is 3. The van der Waals surface area contributed by atoms with Crippen molar-refractivity contribution in [1.82, 2.24) is 5.32 Å². The van der Waals surface area contributed by atoms with Crippen molar-refractivity contribution in [3.8, 4) is 5.75 Å². The van der Waals surface area contributed by atoms with Gasteiger partial charge < -0.3 is 15.2 Å². The number of aliphatic hydroxyl groups excluding tert-OH is 1. The van der Waals surface area contributed by atoms with Crippen molar-refractivity contribution in [2.75, 3.05) is 20.3 Å². The maximum absolute atomic E-state index is 9.24. The average Bonchev–Trinajstić information content (AvgIpc) is 2.41. The summed E-state index contributed by atoms with van der Waals surface area (Å²) in [6.07, 6.45) is 1.68. The Morgan fingerprint density at radius 3 is 2.50 bits per heavy atom. The lowest BCUT2D eigenvalue weighted by Gasteiger charge is -2.25. The standard InChI is InChI=1S/C17H29NO2/c1-6-11-20-16-8-7-13(17(2,3)4)12-14(16)15(18-5)9-10-19/h7-8,12,15,18-19H,6,9-11H2,1-5H3. The van der Waals surface area contributed by atoms with Gasteiger partial charge in [0.05, 0.1) is 6.61 Å². The second kappa shape index (κ2) is 7.65. The largest absolute Gasteiger partial charge is 0.493 e. The third kappa shape index (κ3) is 4.50. The highest BCUT2D eigenvalue weighted by atomic mass is 16.5. The van der Waals surface area contributed by atoms with Crippen molar-refractivity contribution < 1.29 is 9.84 Å². The maximum Gasteiger partial charge on any atom is 0.124 e. The number of hydrogen-bond donors (Lipinski definition) is 2. The van der Waals surface area contributed by atoms with Crippen LogP contribution in [0, 0.1) is 0 Å². The van der Waals surface area contributed by atoms with E-state index in [1.807, 2.05) is 7.05 Å². The van der Waals surface area contributed by atoms with E-state index in [4.69, 9.17) is 4.74 Å². The molecule has 0 aliphatic carbocycles. The van der Waals surface area contributed by atoms with Crippen molar-refractivity contribution in [3.63, 3.8) is 0 Å². The van der Waals surface area contributed by atoms with Gasteiger partial charge in [0.1, 0.15) is 5.75 Å². The summed E-state index contributed by atoms with van der Waals surface area (Å²) in [4.78, 5) is 0. The fourth-order valence-electron chi connectivity index (χ4n) is 2.22. The highest BCUT2D eigenvalue weighted by Gasteiger charge is 2.20. The molecule has 3 heteroatoms. The zero-order valence-corrected chi connectivity index (χ0v) is 13.5. The van der Waals surface area contributed by atoms with Crippen LogP contribution in [-0.4, -0.2) is 25.4 Å². The quantitative estimate of drug-likeness (QED) is 0.803. The molecule has 1 aromatic rings. The van der Waals surface area contributed by atoms with Gasteiger partial charge in [0.15, 0.2) is 0 Å². The summed E-state index contributed by atoms with van der Waals surface area (Å²) in [7, 11) is 1.92. The van der Waals surface area contributed by atoms with E-state index in [9.17, 15) is 5.11 Å². The highest BCUT2D eigenvalue weighted by molar-refractivity contribution is 5.41. The van der Waals surface area contributed by atoms with E-state index >= 15 is 0 Å². The molecule has 0 bridgehead atoms. The monoisotopic (exact) mass is 279 g/mol. The first-order chi connectivity index (χ1) is 9.43. The van der Waals surface area contributed by atoms with E-state index < -0.39 is 0 Å². The van der Waals surface area contributed by atoms with E-state index in [0.717, 1.165) is 24.3 Å². The zero-order chi connectivity index (χ0) is 15.2. The van der Waals surface area contributed by atoms with E-state index in [1.54, 1.807) is 0 Å². The molecular weight excluding hydrogens is 250 g/mol. The van der Waals surface area contributed by atoms with Gasteiger partial charge in [-0.05, 0) is 43.0 Å². The van der Waals surface area contributed by atoms with E-state index in [1.165, 1.54) is 5.56 Å². The number of rotatable bonds is 7. The predicted molar refractivity (Wildman–Crippen MR) is 84.4 cm³/mol. The van der Waals surface area contributed by atoms with Crippen LogP contribution >= 0.6 is 0 Å². The SMILES string of the molecule is CCCOc1ccc(C(C)(C)C)cc1C(CCO)NC. The summed E-state index contributed by atoms with van der Waals surface area (Å²) in [5, 5.41) is 12.5. The van der Waals surface area contributed by atoms with Crippen LogP contribution in [0.1, 0.15) is 57.7 Å². The van der Waals surface area contributed by atoms with E-state index in [-0.39, 0.29) is 18.1 Å². The highest BCUT2D eigenvalue weighted by Crippen LogP contribution is 2.32. The molecule has 114 valence electrons. The molecule has 0 spiro atoms. The number of aliphatic hydroxyl groups is 1. The molecule has 20 heavy (non-hydrogen) atoms. The Balaban J connectivity index is 3.17. The van der Waals surface area contributed by atoms with Crippen LogP contribution in [0.5, 0.6) is 5.75 Å².